The number of nitriles is 2. The lowest BCUT2D eigenvalue weighted by Gasteiger charge is -2.32. The Balaban J connectivity index is 1.55. The summed E-state index contributed by atoms with van der Waals surface area (Å²) in [6.07, 6.45) is 3.20. The van der Waals surface area contributed by atoms with Crippen molar-refractivity contribution in [1.29, 1.82) is 10.5 Å². The summed E-state index contributed by atoms with van der Waals surface area (Å²) in [5, 5.41) is 27.9. The van der Waals surface area contributed by atoms with Gasteiger partial charge in [-0.15, -0.1) is 22.7 Å². The zero-order chi connectivity index (χ0) is 23.1. The second-order valence-electron chi connectivity index (χ2n) is 8.76. The number of hydrogen-bond donors (Lipinski definition) is 2. The highest BCUT2D eigenvalue weighted by atomic mass is 32.1. The Morgan fingerprint density at radius 2 is 1.31 bits per heavy atom. The second kappa shape index (κ2) is 8.74. The van der Waals surface area contributed by atoms with Gasteiger partial charge in [0.2, 0.25) is 0 Å². The molecule has 2 aromatic heterocycles. The molecule has 4 rings (SSSR count). The van der Waals surface area contributed by atoms with E-state index in [1.54, 1.807) is 0 Å². The number of thiocarbonyl (C=S) groups is 1. The van der Waals surface area contributed by atoms with Gasteiger partial charge in [0.05, 0.1) is 35.5 Å². The number of nitrogens with zero attached hydrogens (tertiary/aromatic N) is 2. The SMILES string of the molecule is CC[C@@]1(C)Cc2c(sc(NC(=S)Nc3sc4c(c3C#N)C[C@](C)(CC)OC4)c2C#N)CO1. The maximum Gasteiger partial charge on any atom is 0.176 e. The quantitative estimate of drug-likeness (QED) is 0.524. The lowest BCUT2D eigenvalue weighted by Crippen LogP contribution is -2.34. The van der Waals surface area contributed by atoms with Crippen molar-refractivity contribution in [2.24, 2.45) is 0 Å². The third-order valence-corrected chi connectivity index (χ3v) is 9.01. The Morgan fingerprint density at radius 1 is 0.906 bits per heavy atom. The van der Waals surface area contributed by atoms with Gasteiger partial charge >= 0.3 is 0 Å². The van der Waals surface area contributed by atoms with Crippen LogP contribution in [0.3, 0.4) is 0 Å². The molecule has 0 saturated heterocycles. The molecule has 2 N–H and O–H groups in total. The van der Waals surface area contributed by atoms with E-state index < -0.39 is 0 Å². The summed E-state index contributed by atoms with van der Waals surface area (Å²) in [6, 6.07) is 4.70. The van der Waals surface area contributed by atoms with Gasteiger partial charge in [0.25, 0.3) is 0 Å². The maximum atomic E-state index is 9.83. The van der Waals surface area contributed by atoms with Crippen LogP contribution in [-0.2, 0) is 35.5 Å². The van der Waals surface area contributed by atoms with Crippen molar-refractivity contribution in [2.45, 2.75) is 77.8 Å². The van der Waals surface area contributed by atoms with Crippen LogP contribution in [0.5, 0.6) is 0 Å². The standard InChI is InChI=1S/C23H26N4O2S3/c1-5-22(3)7-13-15(9-24)19(31-17(13)11-28-22)26-21(30)27-20-16(10-25)14-8-23(4,6-2)29-12-18(14)32-20/h5-8,11-12H2,1-4H3,(H2,26,27,30)/t22-,23-/m0/s1. The molecule has 0 fully saturated rings. The van der Waals surface area contributed by atoms with Gasteiger partial charge in [-0.3, -0.25) is 0 Å². The molecule has 0 bridgehead atoms. The lowest BCUT2D eigenvalue weighted by molar-refractivity contribution is -0.0549. The molecule has 0 spiro atoms. The van der Waals surface area contributed by atoms with E-state index >= 15 is 0 Å². The lowest BCUT2D eigenvalue weighted by atomic mass is 9.90. The third kappa shape index (κ3) is 4.16. The van der Waals surface area contributed by atoms with E-state index in [0.717, 1.165) is 43.7 Å². The molecular weight excluding hydrogens is 460 g/mol. The second-order valence-corrected chi connectivity index (χ2v) is 11.4. The summed E-state index contributed by atoms with van der Waals surface area (Å²) < 4.78 is 12.1. The topological polar surface area (TPSA) is 90.1 Å². The van der Waals surface area contributed by atoms with E-state index in [0.29, 0.717) is 42.3 Å². The summed E-state index contributed by atoms with van der Waals surface area (Å²) in [5.74, 6) is 0. The van der Waals surface area contributed by atoms with Crippen molar-refractivity contribution in [3.05, 3.63) is 32.0 Å². The largest absolute Gasteiger partial charge is 0.369 e. The zero-order valence-corrected chi connectivity index (χ0v) is 21.1. The fourth-order valence-corrected chi connectivity index (χ4v) is 6.57. The van der Waals surface area contributed by atoms with Crippen LogP contribution in [0, 0.1) is 22.7 Å². The van der Waals surface area contributed by atoms with Gasteiger partial charge in [0, 0.05) is 22.6 Å². The zero-order valence-electron chi connectivity index (χ0n) is 18.7. The monoisotopic (exact) mass is 486 g/mol. The minimum absolute atomic E-state index is 0.248. The van der Waals surface area contributed by atoms with Gasteiger partial charge in [-0.05, 0) is 50.0 Å². The van der Waals surface area contributed by atoms with Gasteiger partial charge < -0.3 is 20.1 Å². The fraction of sp³-hybridized carbons (Fsp3) is 0.522. The Labute approximate surface area is 202 Å². The summed E-state index contributed by atoms with van der Waals surface area (Å²) in [7, 11) is 0. The van der Waals surface area contributed by atoms with Crippen molar-refractivity contribution in [1.82, 2.24) is 0 Å². The Hall–Kier alpha value is -2.01. The van der Waals surface area contributed by atoms with E-state index in [-0.39, 0.29) is 11.2 Å². The first-order chi connectivity index (χ1) is 15.2. The molecule has 2 atom stereocenters. The molecule has 2 aliphatic rings. The average Bonchev–Trinajstić information content (AvgIpc) is 3.28. The number of fused-ring (bicyclic) bond motifs is 2. The van der Waals surface area contributed by atoms with Crippen LogP contribution in [-0.4, -0.2) is 16.3 Å². The van der Waals surface area contributed by atoms with Crippen LogP contribution in [0.2, 0.25) is 0 Å². The van der Waals surface area contributed by atoms with Crippen molar-refractivity contribution in [3.8, 4) is 12.1 Å². The average molecular weight is 487 g/mol. The normalized spacial score (nSPS) is 24.1. The number of ether oxygens (including phenoxy) is 2. The first-order valence-electron chi connectivity index (χ1n) is 10.7. The molecule has 0 amide bonds. The molecule has 0 unspecified atom stereocenters. The highest BCUT2D eigenvalue weighted by Gasteiger charge is 2.35. The van der Waals surface area contributed by atoms with Crippen molar-refractivity contribution >= 4 is 50.0 Å². The summed E-state index contributed by atoms with van der Waals surface area (Å²) in [6.45, 7) is 9.39. The Kier molecular flexibility index (Phi) is 6.32. The number of hydrogen-bond acceptors (Lipinski definition) is 7. The summed E-state index contributed by atoms with van der Waals surface area (Å²) in [5.41, 5.74) is 2.88. The molecule has 0 radical (unpaired) electrons. The molecule has 0 aliphatic carbocycles. The van der Waals surface area contributed by atoms with E-state index in [9.17, 15) is 10.5 Å². The fourth-order valence-electron chi connectivity index (χ4n) is 4.07. The highest BCUT2D eigenvalue weighted by molar-refractivity contribution is 7.80. The van der Waals surface area contributed by atoms with E-state index in [4.69, 9.17) is 21.7 Å². The van der Waals surface area contributed by atoms with E-state index in [2.05, 4.69) is 50.5 Å². The maximum absolute atomic E-state index is 9.83. The van der Waals surface area contributed by atoms with Crippen LogP contribution >= 0.6 is 34.9 Å². The molecule has 32 heavy (non-hydrogen) atoms. The first-order valence-corrected chi connectivity index (χ1v) is 12.7. The van der Waals surface area contributed by atoms with Crippen LogP contribution in [0.1, 0.15) is 72.5 Å². The number of nitrogens with one attached hydrogen (secondary N) is 2. The smallest absolute Gasteiger partial charge is 0.176 e. The summed E-state index contributed by atoms with van der Waals surface area (Å²) in [4.78, 5) is 2.14. The van der Waals surface area contributed by atoms with Gasteiger partial charge in [-0.1, -0.05) is 13.8 Å². The van der Waals surface area contributed by atoms with E-state index in [1.807, 2.05) is 0 Å². The minimum atomic E-state index is -0.248. The molecule has 168 valence electrons. The van der Waals surface area contributed by atoms with Crippen LogP contribution in [0.25, 0.3) is 0 Å². The van der Waals surface area contributed by atoms with Gasteiger partial charge in [-0.2, -0.15) is 10.5 Å². The molecule has 2 aromatic rings. The predicted octanol–water partition coefficient (Wildman–Crippen LogP) is 5.84. The van der Waals surface area contributed by atoms with Crippen LogP contribution < -0.4 is 10.6 Å². The predicted molar refractivity (Wildman–Crippen MR) is 132 cm³/mol. The van der Waals surface area contributed by atoms with Crippen molar-refractivity contribution in [3.63, 3.8) is 0 Å². The Bertz CT molecular complexity index is 1070. The first kappa shape index (κ1) is 23.2. The third-order valence-electron chi connectivity index (χ3n) is 6.56. The van der Waals surface area contributed by atoms with Gasteiger partial charge in [0.15, 0.2) is 5.11 Å². The van der Waals surface area contributed by atoms with Crippen molar-refractivity contribution in [2.75, 3.05) is 10.6 Å². The molecule has 6 nitrogen and oxygen atoms in total. The minimum Gasteiger partial charge on any atom is -0.369 e. The molecular formula is C23H26N4O2S3. The molecule has 9 heteroatoms. The Morgan fingerprint density at radius 3 is 1.66 bits per heavy atom. The number of anilines is 2. The van der Waals surface area contributed by atoms with Crippen LogP contribution in [0.15, 0.2) is 0 Å². The molecule has 0 saturated carbocycles. The molecule has 0 aromatic carbocycles. The van der Waals surface area contributed by atoms with Gasteiger partial charge in [-0.25, -0.2) is 0 Å². The molecule has 2 aliphatic heterocycles. The summed E-state index contributed by atoms with van der Waals surface area (Å²) >= 11 is 8.58. The van der Waals surface area contributed by atoms with Crippen LogP contribution in [0.4, 0.5) is 10.0 Å². The molecule has 4 heterocycles. The van der Waals surface area contributed by atoms with E-state index in [1.165, 1.54) is 22.7 Å². The number of rotatable bonds is 4. The van der Waals surface area contributed by atoms with Crippen molar-refractivity contribution < 1.29 is 9.47 Å². The number of thiophene rings is 2. The van der Waals surface area contributed by atoms with Gasteiger partial charge in [0.1, 0.15) is 22.1 Å². The highest BCUT2D eigenvalue weighted by Crippen LogP contribution is 2.43.